The highest BCUT2D eigenvalue weighted by molar-refractivity contribution is 7.87. The largest absolute Gasteiger partial charge is 0.379 e. The van der Waals surface area contributed by atoms with Gasteiger partial charge in [0, 0.05) is 36.6 Å². The van der Waals surface area contributed by atoms with E-state index in [0.717, 1.165) is 17.2 Å². The van der Waals surface area contributed by atoms with Crippen molar-refractivity contribution in [3.63, 3.8) is 0 Å². The number of nitro groups is 1. The predicted molar refractivity (Wildman–Crippen MR) is 126 cm³/mol. The van der Waals surface area contributed by atoms with Crippen LogP contribution in [0.2, 0.25) is 0 Å². The summed E-state index contributed by atoms with van der Waals surface area (Å²) < 4.78 is 31.8. The SMILES string of the molecule is O=C(NCc1cccc(Cn2cccn2)c1)c1ccc(OS(=O)(=O)c2cccc([N+](=O)[O-])c2)cc1. The van der Waals surface area contributed by atoms with Gasteiger partial charge in [0.1, 0.15) is 10.6 Å². The molecule has 0 unspecified atom stereocenters. The van der Waals surface area contributed by atoms with Crippen LogP contribution in [0.15, 0.2) is 96.2 Å². The molecule has 4 rings (SSSR count). The molecule has 11 heteroatoms. The molecule has 35 heavy (non-hydrogen) atoms. The van der Waals surface area contributed by atoms with Crippen molar-refractivity contribution < 1.29 is 22.3 Å². The number of aromatic nitrogens is 2. The summed E-state index contributed by atoms with van der Waals surface area (Å²) in [5.41, 5.74) is 1.92. The van der Waals surface area contributed by atoms with Crippen LogP contribution in [0.3, 0.4) is 0 Å². The Bertz CT molecular complexity index is 1450. The zero-order valence-corrected chi connectivity index (χ0v) is 19.1. The van der Waals surface area contributed by atoms with Crippen LogP contribution in [0.25, 0.3) is 0 Å². The third-order valence-corrected chi connectivity index (χ3v) is 6.23. The number of amides is 1. The van der Waals surface area contributed by atoms with Gasteiger partial charge in [-0.05, 0) is 47.5 Å². The average Bonchev–Trinajstić information content (AvgIpc) is 3.36. The van der Waals surface area contributed by atoms with E-state index >= 15 is 0 Å². The van der Waals surface area contributed by atoms with Gasteiger partial charge in [-0.1, -0.05) is 30.3 Å². The topological polar surface area (TPSA) is 133 Å². The highest BCUT2D eigenvalue weighted by Gasteiger charge is 2.20. The summed E-state index contributed by atoms with van der Waals surface area (Å²) in [7, 11) is -4.28. The standard InChI is InChI=1S/C24H20N4O6S/c29-24(25-16-18-4-1-5-19(14-18)17-27-13-3-12-26-27)20-8-10-22(11-9-20)34-35(32,33)23-7-2-6-21(15-23)28(30)31/h1-15H,16-17H2,(H,25,29). The minimum Gasteiger partial charge on any atom is -0.379 e. The summed E-state index contributed by atoms with van der Waals surface area (Å²) >= 11 is 0. The quantitative estimate of drug-likeness (QED) is 0.215. The highest BCUT2D eigenvalue weighted by atomic mass is 32.2. The minimum absolute atomic E-state index is 0.0284. The summed E-state index contributed by atoms with van der Waals surface area (Å²) in [6.45, 7) is 0.931. The Morgan fingerprint density at radius 3 is 2.46 bits per heavy atom. The number of hydrogen-bond acceptors (Lipinski definition) is 7. The normalized spacial score (nSPS) is 11.1. The molecular weight excluding hydrogens is 472 g/mol. The van der Waals surface area contributed by atoms with E-state index in [1.807, 2.05) is 36.5 Å². The van der Waals surface area contributed by atoms with E-state index in [4.69, 9.17) is 4.18 Å². The fraction of sp³-hybridized carbons (Fsp3) is 0.0833. The van der Waals surface area contributed by atoms with Crippen LogP contribution in [-0.4, -0.2) is 29.0 Å². The maximum Gasteiger partial charge on any atom is 0.339 e. The van der Waals surface area contributed by atoms with Gasteiger partial charge < -0.3 is 9.50 Å². The number of hydrogen-bond donors (Lipinski definition) is 1. The smallest absolute Gasteiger partial charge is 0.339 e. The van der Waals surface area contributed by atoms with Gasteiger partial charge in [-0.3, -0.25) is 19.6 Å². The second-order valence-corrected chi connectivity index (χ2v) is 9.07. The van der Waals surface area contributed by atoms with Crippen molar-refractivity contribution in [3.05, 3.63) is 118 Å². The third kappa shape index (κ3) is 6.09. The maximum absolute atomic E-state index is 12.5. The van der Waals surface area contributed by atoms with Crippen LogP contribution in [0.1, 0.15) is 21.5 Å². The van der Waals surface area contributed by atoms with Gasteiger partial charge in [0.2, 0.25) is 0 Å². The maximum atomic E-state index is 12.5. The molecule has 3 aromatic carbocycles. The van der Waals surface area contributed by atoms with Crippen LogP contribution >= 0.6 is 0 Å². The third-order valence-electron chi connectivity index (χ3n) is 4.99. The molecule has 10 nitrogen and oxygen atoms in total. The summed E-state index contributed by atoms with van der Waals surface area (Å²) in [6, 6.07) is 19.7. The number of benzene rings is 3. The van der Waals surface area contributed by atoms with Crippen LogP contribution < -0.4 is 9.50 Å². The van der Waals surface area contributed by atoms with Crippen molar-refractivity contribution >= 4 is 21.7 Å². The van der Waals surface area contributed by atoms with Gasteiger partial charge in [0.25, 0.3) is 11.6 Å². The van der Waals surface area contributed by atoms with Crippen LogP contribution in [0.4, 0.5) is 5.69 Å². The number of carbonyl (C=O) groups excluding carboxylic acids is 1. The molecule has 1 heterocycles. The predicted octanol–water partition coefficient (Wildman–Crippen LogP) is 3.54. The summed E-state index contributed by atoms with van der Waals surface area (Å²) in [5, 5.41) is 17.9. The minimum atomic E-state index is -4.28. The van der Waals surface area contributed by atoms with Gasteiger partial charge in [-0.25, -0.2) is 0 Å². The lowest BCUT2D eigenvalue weighted by Gasteiger charge is -2.09. The number of rotatable bonds is 9. The molecule has 4 aromatic rings. The van der Waals surface area contributed by atoms with Crippen molar-refractivity contribution in [1.29, 1.82) is 0 Å². The Balaban J connectivity index is 1.37. The van der Waals surface area contributed by atoms with Gasteiger partial charge in [-0.2, -0.15) is 13.5 Å². The van der Waals surface area contributed by atoms with E-state index in [2.05, 4.69) is 10.4 Å². The number of non-ortho nitro benzene ring substituents is 1. The molecule has 0 atom stereocenters. The number of nitrogens with zero attached hydrogens (tertiary/aromatic N) is 3. The van der Waals surface area contributed by atoms with Crippen LogP contribution in [0.5, 0.6) is 5.75 Å². The Morgan fingerprint density at radius 1 is 1.00 bits per heavy atom. The molecule has 0 aliphatic carbocycles. The molecule has 1 N–H and O–H groups in total. The van der Waals surface area contributed by atoms with E-state index in [0.29, 0.717) is 18.7 Å². The molecule has 0 fully saturated rings. The first-order chi connectivity index (χ1) is 16.8. The number of nitro benzene ring substituents is 1. The van der Waals surface area contributed by atoms with Crippen molar-refractivity contribution in [3.8, 4) is 5.75 Å². The fourth-order valence-corrected chi connectivity index (χ4v) is 4.26. The molecule has 1 amide bonds. The second-order valence-electron chi connectivity index (χ2n) is 7.52. The first-order valence-electron chi connectivity index (χ1n) is 10.4. The summed E-state index contributed by atoms with van der Waals surface area (Å²) in [5.74, 6) is -0.366. The average molecular weight is 493 g/mol. The van der Waals surface area contributed by atoms with Crippen LogP contribution in [-0.2, 0) is 23.2 Å². The summed E-state index contributed by atoms with van der Waals surface area (Å²) in [6.07, 6.45) is 3.58. The monoisotopic (exact) mass is 492 g/mol. The fourth-order valence-electron chi connectivity index (χ4n) is 3.29. The number of nitrogens with one attached hydrogen (secondary N) is 1. The lowest BCUT2D eigenvalue weighted by Crippen LogP contribution is -2.22. The van der Waals surface area contributed by atoms with Crippen molar-refractivity contribution in [2.45, 2.75) is 18.0 Å². The summed E-state index contributed by atoms with van der Waals surface area (Å²) in [4.78, 5) is 22.4. The van der Waals surface area contributed by atoms with Crippen molar-refractivity contribution in [2.75, 3.05) is 0 Å². The Kier molecular flexibility index (Phi) is 6.88. The van der Waals surface area contributed by atoms with E-state index in [9.17, 15) is 23.3 Å². The Hall–Kier alpha value is -4.51. The van der Waals surface area contributed by atoms with Crippen LogP contribution in [0, 0.1) is 10.1 Å². The van der Waals surface area contributed by atoms with Gasteiger partial charge >= 0.3 is 10.1 Å². The Labute approximate surface area is 201 Å². The lowest BCUT2D eigenvalue weighted by atomic mass is 10.1. The first-order valence-corrected chi connectivity index (χ1v) is 11.8. The molecule has 0 spiro atoms. The second kappa shape index (κ2) is 10.2. The van der Waals surface area contributed by atoms with E-state index in [1.54, 1.807) is 10.9 Å². The molecule has 0 saturated carbocycles. The Morgan fingerprint density at radius 2 is 1.74 bits per heavy atom. The first kappa shape index (κ1) is 23.6. The molecule has 0 bridgehead atoms. The van der Waals surface area contributed by atoms with E-state index in [1.165, 1.54) is 42.5 Å². The van der Waals surface area contributed by atoms with Gasteiger partial charge in [0.05, 0.1) is 11.5 Å². The zero-order chi connectivity index (χ0) is 24.8. The molecule has 178 valence electrons. The van der Waals surface area contributed by atoms with Gasteiger partial charge in [0.15, 0.2) is 0 Å². The highest BCUT2D eigenvalue weighted by Crippen LogP contribution is 2.22. The molecule has 0 saturated heterocycles. The molecular formula is C24H20N4O6S. The van der Waals surface area contributed by atoms with Gasteiger partial charge in [-0.15, -0.1) is 0 Å². The van der Waals surface area contributed by atoms with E-state index in [-0.39, 0.29) is 22.2 Å². The lowest BCUT2D eigenvalue weighted by molar-refractivity contribution is -0.385. The number of carbonyl (C=O) groups is 1. The molecule has 0 radical (unpaired) electrons. The van der Waals surface area contributed by atoms with Crippen molar-refractivity contribution in [2.24, 2.45) is 0 Å². The molecule has 0 aliphatic rings. The van der Waals surface area contributed by atoms with Crippen molar-refractivity contribution in [1.82, 2.24) is 15.1 Å². The molecule has 0 aliphatic heterocycles. The van der Waals surface area contributed by atoms with E-state index < -0.39 is 15.0 Å². The zero-order valence-electron chi connectivity index (χ0n) is 18.3. The molecule has 1 aromatic heterocycles.